The molecule has 0 saturated carbocycles. The molecule has 0 saturated heterocycles. The fourth-order valence-electron chi connectivity index (χ4n) is 1.91. The summed E-state index contributed by atoms with van der Waals surface area (Å²) in [5.41, 5.74) is 1.75. The Labute approximate surface area is 107 Å². The lowest BCUT2D eigenvalue weighted by Gasteiger charge is -2.18. The maximum absolute atomic E-state index is 11.9. The SMILES string of the molecule is CN1C(=O)C(I)CCc2cn(C)c(=O)cc21. The Hall–Kier alpha value is -0.850. The van der Waals surface area contributed by atoms with E-state index in [2.05, 4.69) is 22.6 Å². The molecular weight excluding hydrogens is 319 g/mol. The van der Waals surface area contributed by atoms with Gasteiger partial charge in [-0.2, -0.15) is 0 Å². The quantitative estimate of drug-likeness (QED) is 0.527. The van der Waals surface area contributed by atoms with Gasteiger partial charge in [0.05, 0.1) is 9.61 Å². The molecule has 1 unspecified atom stereocenters. The van der Waals surface area contributed by atoms with Crippen LogP contribution in [0, 0.1) is 0 Å². The fourth-order valence-corrected chi connectivity index (χ4v) is 2.64. The van der Waals surface area contributed by atoms with E-state index < -0.39 is 0 Å². The molecule has 0 N–H and O–H groups in total. The molecule has 0 aliphatic carbocycles. The molecule has 4 nitrogen and oxygen atoms in total. The van der Waals surface area contributed by atoms with Crippen LogP contribution in [0.4, 0.5) is 5.69 Å². The summed E-state index contributed by atoms with van der Waals surface area (Å²) in [5.74, 6) is 0.0765. The molecule has 0 fully saturated rings. The Kier molecular flexibility index (Phi) is 3.05. The lowest BCUT2D eigenvalue weighted by Crippen LogP contribution is -2.32. The van der Waals surface area contributed by atoms with Gasteiger partial charge in [0.15, 0.2) is 0 Å². The highest BCUT2D eigenvalue weighted by atomic mass is 127. The molecule has 16 heavy (non-hydrogen) atoms. The molecule has 0 radical (unpaired) electrons. The molecule has 2 rings (SSSR count). The normalized spacial score (nSPS) is 20.6. The summed E-state index contributed by atoms with van der Waals surface area (Å²) in [7, 11) is 3.47. The number of anilines is 1. The van der Waals surface area contributed by atoms with Crippen molar-refractivity contribution in [3.8, 4) is 0 Å². The van der Waals surface area contributed by atoms with Gasteiger partial charge in [0.25, 0.3) is 5.56 Å². The number of carbonyl (C=O) groups is 1. The largest absolute Gasteiger partial charge is 0.318 e. The number of nitrogens with zero attached hydrogens (tertiary/aromatic N) is 2. The maximum Gasteiger partial charge on any atom is 0.252 e. The zero-order valence-corrected chi connectivity index (χ0v) is 11.4. The van der Waals surface area contributed by atoms with Crippen molar-refractivity contribution in [2.24, 2.45) is 7.05 Å². The van der Waals surface area contributed by atoms with Gasteiger partial charge in [0.2, 0.25) is 5.91 Å². The summed E-state index contributed by atoms with van der Waals surface area (Å²) in [6, 6.07) is 1.54. The van der Waals surface area contributed by atoms with Crippen molar-refractivity contribution >= 4 is 34.2 Å². The third kappa shape index (κ3) is 1.88. The van der Waals surface area contributed by atoms with E-state index in [1.165, 1.54) is 0 Å². The lowest BCUT2D eigenvalue weighted by molar-refractivity contribution is -0.117. The molecule has 1 aromatic rings. The van der Waals surface area contributed by atoms with Gasteiger partial charge in [-0.05, 0) is 18.4 Å². The van der Waals surface area contributed by atoms with E-state index in [0.29, 0.717) is 0 Å². The van der Waals surface area contributed by atoms with Crippen LogP contribution >= 0.6 is 22.6 Å². The van der Waals surface area contributed by atoms with Gasteiger partial charge in [0, 0.05) is 26.4 Å². The number of halogens is 1. The molecule has 1 aliphatic heterocycles. The van der Waals surface area contributed by atoms with Crippen molar-refractivity contribution < 1.29 is 4.79 Å². The molecule has 1 aliphatic rings. The van der Waals surface area contributed by atoms with Crippen molar-refractivity contribution in [1.82, 2.24) is 4.57 Å². The molecule has 86 valence electrons. The van der Waals surface area contributed by atoms with Crippen molar-refractivity contribution in [2.45, 2.75) is 16.8 Å². The first-order valence-electron chi connectivity index (χ1n) is 5.12. The summed E-state index contributed by atoms with van der Waals surface area (Å²) < 4.78 is 1.56. The number of carbonyl (C=O) groups excluding carboxylic acids is 1. The smallest absolute Gasteiger partial charge is 0.252 e. The highest BCUT2D eigenvalue weighted by Gasteiger charge is 2.26. The predicted molar refractivity (Wildman–Crippen MR) is 71.2 cm³/mol. The summed E-state index contributed by atoms with van der Waals surface area (Å²) in [6.07, 6.45) is 3.50. The van der Waals surface area contributed by atoms with E-state index in [4.69, 9.17) is 0 Å². The molecule has 1 amide bonds. The third-order valence-corrected chi connectivity index (χ3v) is 4.07. The van der Waals surface area contributed by atoms with Crippen molar-refractivity contribution in [1.29, 1.82) is 0 Å². The summed E-state index contributed by atoms with van der Waals surface area (Å²) >= 11 is 2.16. The summed E-state index contributed by atoms with van der Waals surface area (Å²) in [5, 5.41) is 0. The van der Waals surface area contributed by atoms with Gasteiger partial charge < -0.3 is 9.47 Å². The van der Waals surface area contributed by atoms with Gasteiger partial charge in [-0.25, -0.2) is 0 Å². The first-order chi connectivity index (χ1) is 7.50. The van der Waals surface area contributed by atoms with Crippen LogP contribution in [0.5, 0.6) is 0 Å². The molecule has 0 bridgehead atoms. The Bertz CT molecular complexity index is 495. The molecule has 0 aromatic carbocycles. The van der Waals surface area contributed by atoms with Gasteiger partial charge in [-0.1, -0.05) is 22.6 Å². The van der Waals surface area contributed by atoms with Gasteiger partial charge >= 0.3 is 0 Å². The van der Waals surface area contributed by atoms with E-state index in [0.717, 1.165) is 24.1 Å². The van der Waals surface area contributed by atoms with Crippen molar-refractivity contribution in [3.05, 3.63) is 28.2 Å². The van der Waals surface area contributed by atoms with Crippen LogP contribution in [0.3, 0.4) is 0 Å². The first kappa shape index (κ1) is 11.6. The molecule has 2 heterocycles. The third-order valence-electron chi connectivity index (χ3n) is 2.91. The van der Waals surface area contributed by atoms with Gasteiger partial charge in [-0.3, -0.25) is 9.59 Å². The molecule has 5 heteroatoms. The number of hydrogen-bond acceptors (Lipinski definition) is 2. The highest BCUT2D eigenvalue weighted by molar-refractivity contribution is 14.1. The van der Waals surface area contributed by atoms with E-state index in [-0.39, 0.29) is 15.4 Å². The molecule has 0 spiro atoms. The minimum atomic E-state index is -0.0784. The lowest BCUT2D eigenvalue weighted by atomic mass is 10.1. The van der Waals surface area contributed by atoms with Crippen LogP contribution < -0.4 is 10.5 Å². The summed E-state index contributed by atoms with van der Waals surface area (Å²) in [4.78, 5) is 25.1. The highest BCUT2D eigenvalue weighted by Crippen LogP contribution is 2.27. The Morgan fingerprint density at radius 3 is 2.75 bits per heavy atom. The predicted octanol–water partition coefficient (Wildman–Crippen LogP) is 1.10. The molecule has 1 aromatic heterocycles. The second-order valence-electron chi connectivity index (χ2n) is 4.04. The zero-order valence-electron chi connectivity index (χ0n) is 9.24. The number of alkyl halides is 1. The number of fused-ring (bicyclic) bond motifs is 1. The monoisotopic (exact) mass is 332 g/mol. The van der Waals surface area contributed by atoms with Crippen LogP contribution in [0.2, 0.25) is 0 Å². The number of hydrogen-bond donors (Lipinski definition) is 0. The van der Waals surface area contributed by atoms with Gasteiger partial charge in [-0.15, -0.1) is 0 Å². The topological polar surface area (TPSA) is 42.3 Å². The number of aryl methyl sites for hydroxylation is 2. The summed E-state index contributed by atoms with van der Waals surface area (Å²) in [6.45, 7) is 0. The first-order valence-corrected chi connectivity index (χ1v) is 6.36. The number of pyridine rings is 1. The molecular formula is C11H13IN2O2. The van der Waals surface area contributed by atoms with Crippen LogP contribution in [0.15, 0.2) is 17.1 Å². The average molecular weight is 332 g/mol. The number of amides is 1. The Morgan fingerprint density at radius 2 is 2.06 bits per heavy atom. The minimum absolute atomic E-state index is 0.00425. The van der Waals surface area contributed by atoms with Crippen LogP contribution in [-0.2, 0) is 18.3 Å². The van der Waals surface area contributed by atoms with Crippen molar-refractivity contribution in [3.63, 3.8) is 0 Å². The maximum atomic E-state index is 11.9. The fraction of sp³-hybridized carbons (Fsp3) is 0.455. The Balaban J connectivity index is 2.57. The second kappa shape index (κ2) is 4.20. The van der Waals surface area contributed by atoms with Crippen LogP contribution in [-0.4, -0.2) is 21.4 Å². The number of rotatable bonds is 0. The number of aromatic nitrogens is 1. The van der Waals surface area contributed by atoms with E-state index in [1.807, 2.05) is 6.20 Å². The van der Waals surface area contributed by atoms with Crippen LogP contribution in [0.1, 0.15) is 12.0 Å². The van der Waals surface area contributed by atoms with E-state index in [9.17, 15) is 9.59 Å². The van der Waals surface area contributed by atoms with Gasteiger partial charge in [0.1, 0.15) is 0 Å². The van der Waals surface area contributed by atoms with Crippen LogP contribution in [0.25, 0.3) is 0 Å². The minimum Gasteiger partial charge on any atom is -0.318 e. The Morgan fingerprint density at radius 1 is 1.38 bits per heavy atom. The van der Waals surface area contributed by atoms with Crippen molar-refractivity contribution in [2.75, 3.05) is 11.9 Å². The van der Waals surface area contributed by atoms with E-state index >= 15 is 0 Å². The standard InChI is InChI=1S/C11H13IN2O2/c1-13-6-7-3-4-8(12)11(16)14(2)9(7)5-10(13)15/h5-6,8H,3-4H2,1-2H3. The molecule has 1 atom stereocenters. The zero-order chi connectivity index (χ0) is 11.9. The van der Waals surface area contributed by atoms with E-state index in [1.54, 1.807) is 29.6 Å². The second-order valence-corrected chi connectivity index (χ2v) is 5.54. The average Bonchev–Trinajstić information content (AvgIpc) is 2.35.